The van der Waals surface area contributed by atoms with Crippen LogP contribution in [0.4, 0.5) is 0 Å². The van der Waals surface area contributed by atoms with Crippen molar-refractivity contribution in [3.05, 3.63) is 23.3 Å². The number of rotatable bonds is 4. The summed E-state index contributed by atoms with van der Waals surface area (Å²) in [7, 11) is -2.28. The highest BCUT2D eigenvalue weighted by Gasteiger charge is 2.41. The normalized spacial score (nSPS) is 22.7. The SMILES string of the molecule is COc1cc(C)cc(C)c1S(=O)(=O)N1C[C@@H](C)[C@H](C(N)=O)C1. The highest BCUT2D eigenvalue weighted by molar-refractivity contribution is 7.89. The summed E-state index contributed by atoms with van der Waals surface area (Å²) >= 11 is 0. The number of hydrogen-bond acceptors (Lipinski definition) is 4. The second-order valence-corrected chi connectivity index (χ2v) is 7.80. The van der Waals surface area contributed by atoms with Crippen molar-refractivity contribution in [2.24, 2.45) is 17.6 Å². The van der Waals surface area contributed by atoms with Crippen molar-refractivity contribution in [1.29, 1.82) is 0 Å². The summed E-state index contributed by atoms with van der Waals surface area (Å²) < 4.78 is 32.5. The van der Waals surface area contributed by atoms with Gasteiger partial charge in [-0.1, -0.05) is 13.0 Å². The molecule has 122 valence electrons. The minimum atomic E-state index is -3.73. The van der Waals surface area contributed by atoms with Gasteiger partial charge in [0.15, 0.2) is 0 Å². The van der Waals surface area contributed by atoms with E-state index in [1.165, 1.54) is 11.4 Å². The van der Waals surface area contributed by atoms with Crippen molar-refractivity contribution in [3.63, 3.8) is 0 Å². The zero-order valence-electron chi connectivity index (χ0n) is 13.3. The Hall–Kier alpha value is -1.60. The largest absolute Gasteiger partial charge is 0.495 e. The number of benzene rings is 1. The average molecular weight is 326 g/mol. The molecule has 7 heteroatoms. The number of primary amides is 1. The van der Waals surface area contributed by atoms with Gasteiger partial charge in [0.1, 0.15) is 10.6 Å². The Kier molecular flexibility index (Phi) is 4.49. The molecule has 1 saturated heterocycles. The molecule has 0 bridgehead atoms. The second-order valence-electron chi connectivity index (χ2n) is 5.92. The minimum absolute atomic E-state index is 0.0935. The molecule has 2 rings (SSSR count). The van der Waals surface area contributed by atoms with E-state index < -0.39 is 21.8 Å². The van der Waals surface area contributed by atoms with Crippen LogP contribution in [0.25, 0.3) is 0 Å². The van der Waals surface area contributed by atoms with Crippen LogP contribution in [0, 0.1) is 25.7 Å². The van der Waals surface area contributed by atoms with Crippen molar-refractivity contribution in [1.82, 2.24) is 4.31 Å². The molecule has 0 aromatic heterocycles. The van der Waals surface area contributed by atoms with Gasteiger partial charge in [0.05, 0.1) is 13.0 Å². The summed E-state index contributed by atoms with van der Waals surface area (Å²) in [5.41, 5.74) is 6.91. The van der Waals surface area contributed by atoms with Gasteiger partial charge in [0.25, 0.3) is 0 Å². The molecule has 1 aliphatic heterocycles. The molecule has 1 aromatic carbocycles. The molecule has 1 fully saturated rings. The van der Waals surface area contributed by atoms with E-state index in [-0.39, 0.29) is 23.9 Å². The fourth-order valence-corrected chi connectivity index (χ4v) is 4.92. The number of carbonyl (C=O) groups excluding carboxylic acids is 1. The van der Waals surface area contributed by atoms with Crippen molar-refractivity contribution in [2.75, 3.05) is 20.2 Å². The fourth-order valence-electron chi connectivity index (χ4n) is 3.02. The number of nitrogens with zero attached hydrogens (tertiary/aromatic N) is 1. The fraction of sp³-hybridized carbons (Fsp3) is 0.533. The summed E-state index contributed by atoms with van der Waals surface area (Å²) in [5, 5.41) is 0. The first-order valence-corrected chi connectivity index (χ1v) is 8.57. The third-order valence-electron chi connectivity index (χ3n) is 4.15. The van der Waals surface area contributed by atoms with Crippen LogP contribution in [-0.2, 0) is 14.8 Å². The van der Waals surface area contributed by atoms with E-state index in [1.54, 1.807) is 19.1 Å². The molecule has 2 atom stereocenters. The third kappa shape index (κ3) is 2.83. The Labute approximate surface area is 131 Å². The Morgan fingerprint density at radius 2 is 1.95 bits per heavy atom. The van der Waals surface area contributed by atoms with Gasteiger partial charge in [0.2, 0.25) is 15.9 Å². The molecular formula is C15H22N2O4S. The van der Waals surface area contributed by atoms with E-state index in [9.17, 15) is 13.2 Å². The van der Waals surface area contributed by atoms with Crippen molar-refractivity contribution in [3.8, 4) is 5.75 Å². The van der Waals surface area contributed by atoms with Gasteiger partial charge in [-0.25, -0.2) is 8.42 Å². The predicted octanol–water partition coefficient (Wildman–Crippen LogP) is 1.05. The standard InChI is InChI=1S/C15H22N2O4S/c1-9-5-10(2)14(13(6-9)21-4)22(19,20)17-7-11(3)12(8-17)15(16)18/h5-6,11-12H,7-8H2,1-4H3,(H2,16,18)/t11-,12-/m1/s1. The molecular weight excluding hydrogens is 304 g/mol. The maximum Gasteiger partial charge on any atom is 0.247 e. The van der Waals surface area contributed by atoms with E-state index in [1.807, 2.05) is 13.8 Å². The van der Waals surface area contributed by atoms with E-state index >= 15 is 0 Å². The Morgan fingerprint density at radius 1 is 1.32 bits per heavy atom. The molecule has 1 aromatic rings. The number of ether oxygens (including phenoxy) is 1. The Bertz CT molecular complexity index is 700. The number of aryl methyl sites for hydroxylation is 2. The molecule has 0 radical (unpaired) electrons. The van der Waals surface area contributed by atoms with Gasteiger partial charge in [0, 0.05) is 13.1 Å². The molecule has 1 aliphatic rings. The minimum Gasteiger partial charge on any atom is -0.495 e. The lowest BCUT2D eigenvalue weighted by Crippen LogP contribution is -2.32. The maximum atomic E-state index is 13.0. The van der Waals surface area contributed by atoms with Gasteiger partial charge in [-0.05, 0) is 37.0 Å². The molecule has 1 amide bonds. The topological polar surface area (TPSA) is 89.7 Å². The van der Waals surface area contributed by atoms with Crippen LogP contribution in [0.2, 0.25) is 0 Å². The van der Waals surface area contributed by atoms with Gasteiger partial charge in [-0.15, -0.1) is 0 Å². The molecule has 2 N–H and O–H groups in total. The van der Waals surface area contributed by atoms with Gasteiger partial charge in [-0.3, -0.25) is 4.79 Å². The van der Waals surface area contributed by atoms with Crippen LogP contribution in [0.3, 0.4) is 0 Å². The number of hydrogen-bond donors (Lipinski definition) is 1. The lowest BCUT2D eigenvalue weighted by Gasteiger charge is -2.20. The number of nitrogens with two attached hydrogens (primary N) is 1. The van der Waals surface area contributed by atoms with E-state index in [4.69, 9.17) is 10.5 Å². The molecule has 0 aliphatic carbocycles. The van der Waals surface area contributed by atoms with Crippen LogP contribution in [0.15, 0.2) is 17.0 Å². The summed E-state index contributed by atoms with van der Waals surface area (Å²) in [6, 6.07) is 3.51. The lowest BCUT2D eigenvalue weighted by atomic mass is 9.98. The summed E-state index contributed by atoms with van der Waals surface area (Å²) in [6.07, 6.45) is 0. The van der Waals surface area contributed by atoms with Crippen LogP contribution >= 0.6 is 0 Å². The number of carbonyl (C=O) groups is 1. The quantitative estimate of drug-likeness (QED) is 0.895. The van der Waals surface area contributed by atoms with Crippen molar-refractivity contribution >= 4 is 15.9 Å². The summed E-state index contributed by atoms with van der Waals surface area (Å²) in [4.78, 5) is 11.6. The molecule has 0 unspecified atom stereocenters. The maximum absolute atomic E-state index is 13.0. The molecule has 0 spiro atoms. The zero-order chi connectivity index (χ0) is 16.7. The lowest BCUT2D eigenvalue weighted by molar-refractivity contribution is -0.122. The Morgan fingerprint density at radius 3 is 2.45 bits per heavy atom. The second kappa shape index (κ2) is 5.89. The molecule has 6 nitrogen and oxygen atoms in total. The first-order valence-electron chi connectivity index (χ1n) is 7.13. The summed E-state index contributed by atoms with van der Waals surface area (Å²) in [5.74, 6) is -0.680. The van der Waals surface area contributed by atoms with Crippen molar-refractivity contribution < 1.29 is 17.9 Å². The predicted molar refractivity (Wildman–Crippen MR) is 83.1 cm³/mol. The first-order chi connectivity index (χ1) is 10.2. The van der Waals surface area contributed by atoms with E-state index in [2.05, 4.69) is 0 Å². The first kappa shape index (κ1) is 16.8. The van der Waals surface area contributed by atoms with E-state index in [0.717, 1.165) is 5.56 Å². The highest BCUT2D eigenvalue weighted by Crippen LogP contribution is 2.35. The van der Waals surface area contributed by atoms with Gasteiger partial charge < -0.3 is 10.5 Å². The van der Waals surface area contributed by atoms with E-state index in [0.29, 0.717) is 11.3 Å². The van der Waals surface area contributed by atoms with Crippen LogP contribution in [0.5, 0.6) is 5.75 Å². The zero-order valence-corrected chi connectivity index (χ0v) is 14.1. The number of amides is 1. The smallest absolute Gasteiger partial charge is 0.247 e. The van der Waals surface area contributed by atoms with Gasteiger partial charge in [-0.2, -0.15) is 4.31 Å². The summed E-state index contributed by atoms with van der Waals surface area (Å²) in [6.45, 7) is 5.87. The van der Waals surface area contributed by atoms with Crippen LogP contribution in [-0.4, -0.2) is 38.8 Å². The number of methoxy groups -OCH3 is 1. The monoisotopic (exact) mass is 326 g/mol. The Balaban J connectivity index is 2.47. The van der Waals surface area contributed by atoms with Crippen molar-refractivity contribution in [2.45, 2.75) is 25.7 Å². The van der Waals surface area contributed by atoms with Crippen LogP contribution < -0.4 is 10.5 Å². The molecule has 22 heavy (non-hydrogen) atoms. The van der Waals surface area contributed by atoms with Crippen LogP contribution in [0.1, 0.15) is 18.1 Å². The molecule has 0 saturated carbocycles. The average Bonchev–Trinajstić information content (AvgIpc) is 2.80. The number of sulfonamides is 1. The van der Waals surface area contributed by atoms with Gasteiger partial charge >= 0.3 is 0 Å². The highest BCUT2D eigenvalue weighted by atomic mass is 32.2. The molecule has 1 heterocycles. The third-order valence-corrected chi connectivity index (χ3v) is 6.16.